The van der Waals surface area contributed by atoms with Crippen LogP contribution in [-0.2, 0) is 116 Å². The molecule has 1 aromatic heterocycles. The average molecular weight is 1820 g/mol. The average Bonchev–Trinajstić information content (AvgIpc) is 0.730. The Morgan fingerprint density at radius 2 is 0.568 bits per heavy atom. The molecule has 8 aliphatic heterocycles. The van der Waals surface area contributed by atoms with Crippen LogP contribution in [0.3, 0.4) is 0 Å². The first-order valence-electron chi connectivity index (χ1n) is 29.4. The fourth-order valence-corrected chi connectivity index (χ4v) is 92.7. The monoisotopic (exact) mass is 1810 g/mol. The van der Waals surface area contributed by atoms with Crippen LogP contribution < -0.4 is 17.1 Å². The highest BCUT2D eigenvalue weighted by atomic mass is 35.6. The van der Waals surface area contributed by atoms with Gasteiger partial charge in [0.25, 0.3) is 27.6 Å². The van der Waals surface area contributed by atoms with Gasteiger partial charge in [-0.15, -0.1) is 36.5 Å². The minimum atomic E-state index is -3.42. The van der Waals surface area contributed by atoms with Crippen molar-refractivity contribution in [1.82, 2.24) is 12.3 Å². The third-order valence-electron chi connectivity index (χ3n) is 12.8. The molecular weight excluding hydrogens is 1720 g/mol. The smallest absolute Gasteiger partial charge is 0.424 e. The van der Waals surface area contributed by atoms with Gasteiger partial charge in [-0.05, 0) is 52.4 Å². The summed E-state index contributed by atoms with van der Waals surface area (Å²) in [6.07, 6.45) is 0. The fourth-order valence-electron chi connectivity index (χ4n) is 8.70. The Bertz CT molecular complexity index is 2620. The normalized spacial score (nSPS) is 40.3. The SMILES string of the molecule is C=C[Si](C)(C)OC.C=C[Si](C)(C)OC.CO[SiH](C)C.CO[Si](C)(C)Cl.C[SiH2]O[Si]1(C)O[Si]2(C)O[Si]3(C)O[SiH2]O[Si]4(C)O[Si](C)(O1)O[Si](C)(O2)O[Si](C)(O3)O4.C[SiH2]O[Si]1(C)O[Si]2(C)O[Si]3(C)O[SiH2]O[Si]4(C)O[Si](C)(O1)O[Si](C)(O2)O[Si](C)(O3)O4.O=c1n(Cl)c(=O)n(Cl)c(=O)n1Cl. The van der Waals surface area contributed by atoms with Crippen molar-refractivity contribution in [2.24, 2.45) is 0 Å². The molecule has 8 atom stereocenters. The van der Waals surface area contributed by atoms with Gasteiger partial charge in [-0.1, -0.05) is 24.5 Å². The second kappa shape index (κ2) is 34.7. The molecule has 9 rings (SSSR count). The summed E-state index contributed by atoms with van der Waals surface area (Å²) in [5, 5.41) is 0. The van der Waals surface area contributed by atoms with Crippen LogP contribution in [0.4, 0.5) is 0 Å². The lowest BCUT2D eigenvalue weighted by atomic mass is 11.0. The molecule has 95 heavy (non-hydrogen) atoms. The van der Waals surface area contributed by atoms with E-state index in [1.54, 1.807) is 107 Å². The number of rotatable bonds is 10. The molecule has 12 bridgehead atoms. The van der Waals surface area contributed by atoms with Gasteiger partial charge in [0.1, 0.15) is 19.5 Å². The molecule has 0 spiro atoms. The summed E-state index contributed by atoms with van der Waals surface area (Å²) < 4.78 is 172. The largest absolute Gasteiger partial charge is 0.475 e. The summed E-state index contributed by atoms with van der Waals surface area (Å²) in [6.45, 7) is 52.7. The van der Waals surface area contributed by atoms with Crippen molar-refractivity contribution >= 4 is 243 Å². The number of hydrogen-bond acceptors (Lipinski definition) is 31. The van der Waals surface area contributed by atoms with Crippen molar-refractivity contribution in [3.8, 4) is 0 Å². The highest BCUT2D eigenvalue weighted by Gasteiger charge is 2.75. The molecule has 0 amide bonds. The van der Waals surface area contributed by atoms with Gasteiger partial charge in [-0.2, -0.15) is 0 Å². The first-order valence-corrected chi connectivity index (χ1v) is 80.5. The number of hydrogen-bond donors (Lipinski definition) is 0. The minimum absolute atomic E-state index is 0.0847. The van der Waals surface area contributed by atoms with E-state index in [1.807, 2.05) is 50.7 Å². The first kappa shape index (κ1) is 91.9. The molecule has 9 heterocycles. The number of nitrogens with zero attached hydrogens (tertiary/aromatic N) is 3. The minimum Gasteiger partial charge on any atom is -0.424 e. The highest BCUT2D eigenvalue weighted by molar-refractivity contribution is 7.15. The quantitative estimate of drug-likeness (QED) is 0.240. The molecule has 0 radical (unpaired) electrons. The summed E-state index contributed by atoms with van der Waals surface area (Å²) in [4.78, 5) is 32.3. The molecule has 0 aromatic carbocycles. The van der Waals surface area contributed by atoms with E-state index in [1.165, 1.54) is 0 Å². The van der Waals surface area contributed by atoms with Gasteiger partial charge in [0.05, 0.1) is 0 Å². The standard InChI is InChI=1S/2C8H28O12Si9.2C5H12OSi.C3Cl3N3O3.C3H9ClOSi.C3H10OSi/c2*1-21-9-23(2)12-26(5)14-24(3)10-22-11-25(4)15-27(6,13-23)19-29(8,18-26)20-28(7,16-24)17-25;2*1-5-7(3,4)6-2;4-7-1(10)8(5)3(12)9(6)2(7)11;1-5-6(2,3)4;1-4-5(2)3/h2*21-22H2,1-8H3;2*5H,1H2,2-4H3;;1-3H3;5H,1-3H3. The summed E-state index contributed by atoms with van der Waals surface area (Å²) in [6, 6.07) is 0. The zero-order valence-electron chi connectivity index (χ0n) is 59.5. The van der Waals surface area contributed by atoms with E-state index in [0.717, 1.165) is 0 Å². The Kier molecular flexibility index (Phi) is 33.6. The fraction of sp³-hybridized carbons (Fsp3) is 0.800. The van der Waals surface area contributed by atoms with Gasteiger partial charge in [0.2, 0.25) is 16.6 Å². The predicted octanol–water partition coefficient (Wildman–Crippen LogP) is 3.20. The molecule has 8 saturated heterocycles. The summed E-state index contributed by atoms with van der Waals surface area (Å²) in [7, 11) is -49.8. The molecule has 0 saturated carbocycles. The van der Waals surface area contributed by atoms with Crippen molar-refractivity contribution in [2.75, 3.05) is 28.4 Å². The molecule has 8 aliphatic rings. The second-order valence-electron chi connectivity index (χ2n) is 24.2. The van der Waals surface area contributed by atoms with E-state index in [0.29, 0.717) is 0 Å². The molecule has 0 N–H and O–H groups in total. The van der Waals surface area contributed by atoms with E-state index in [9.17, 15) is 14.4 Å². The Morgan fingerprint density at radius 3 is 0.695 bits per heavy atom. The Labute approximate surface area is 607 Å². The van der Waals surface area contributed by atoms with Gasteiger partial charge in [0.15, 0.2) is 9.04 Å². The van der Waals surface area contributed by atoms with Crippen molar-refractivity contribution in [3.63, 3.8) is 0 Å². The lowest BCUT2D eigenvalue weighted by molar-refractivity contribution is 0.0116. The summed E-state index contributed by atoms with van der Waals surface area (Å²) in [5.74, 6) is 0. The van der Waals surface area contributed by atoms with E-state index in [4.69, 9.17) is 163 Å². The van der Waals surface area contributed by atoms with Gasteiger partial charge in [0, 0.05) is 155 Å². The zero-order valence-corrected chi connectivity index (χ0v) is 86.3. The molecular formula is C35H99Cl4N3O31Si22. The molecule has 556 valence electrons. The zero-order chi connectivity index (χ0) is 73.6. The van der Waals surface area contributed by atoms with Crippen molar-refractivity contribution in [1.29, 1.82) is 0 Å². The van der Waals surface area contributed by atoms with Crippen LogP contribution in [-0.4, -0.2) is 237 Å². The lowest BCUT2D eigenvalue weighted by Gasteiger charge is -2.56. The topological polar surface area (TPSA) is 324 Å². The van der Waals surface area contributed by atoms with E-state index >= 15 is 0 Å². The van der Waals surface area contributed by atoms with Crippen LogP contribution >= 0.6 is 46.4 Å². The van der Waals surface area contributed by atoms with Crippen molar-refractivity contribution < 1.29 is 116 Å². The van der Waals surface area contributed by atoms with E-state index in [2.05, 4.69) is 52.4 Å². The lowest BCUT2D eigenvalue weighted by Crippen LogP contribution is -2.81. The third kappa shape index (κ3) is 28.1. The Morgan fingerprint density at radius 1 is 0.400 bits per heavy atom. The summed E-state index contributed by atoms with van der Waals surface area (Å²) >= 11 is 20.9. The second-order valence-corrected chi connectivity index (χ2v) is 89.0. The van der Waals surface area contributed by atoms with Gasteiger partial charge in [-0.25, -0.2) is 14.4 Å². The van der Waals surface area contributed by atoms with Gasteiger partial charge in [-0.3, -0.25) is 0 Å². The maximum atomic E-state index is 10.8. The molecule has 60 heteroatoms. The predicted molar refractivity (Wildman–Crippen MR) is 403 cm³/mol. The van der Waals surface area contributed by atoms with Gasteiger partial charge >= 0.3 is 140 Å². The number of aromatic nitrogens is 3. The van der Waals surface area contributed by atoms with Crippen molar-refractivity contribution in [2.45, 2.75) is 157 Å². The maximum Gasteiger partial charge on any atom is 0.475 e. The Balaban J connectivity index is 0.000000328. The maximum absolute atomic E-state index is 10.8. The summed E-state index contributed by atoms with van der Waals surface area (Å²) in [5.41, 5.74) is 0.334. The molecule has 1 aromatic rings. The highest BCUT2D eigenvalue weighted by Crippen LogP contribution is 2.45. The number of fused-ring (bicyclic) bond motifs is 8. The van der Waals surface area contributed by atoms with E-state index in [-0.39, 0.29) is 12.3 Å². The van der Waals surface area contributed by atoms with E-state index < -0.39 is 213 Å². The number of halogens is 4. The van der Waals surface area contributed by atoms with Gasteiger partial charge < -0.3 is 116 Å². The van der Waals surface area contributed by atoms with Crippen LogP contribution in [0.1, 0.15) is 0 Å². The molecule has 8 fully saturated rings. The Hall–Kier alpha value is 2.70. The molecule has 8 unspecified atom stereocenters. The third-order valence-corrected chi connectivity index (χ3v) is 90.3. The van der Waals surface area contributed by atoms with Crippen molar-refractivity contribution in [3.05, 3.63) is 56.0 Å². The molecule has 0 aliphatic carbocycles. The van der Waals surface area contributed by atoms with Crippen LogP contribution in [0, 0.1) is 0 Å². The van der Waals surface area contributed by atoms with Crippen LogP contribution in [0.25, 0.3) is 0 Å². The van der Waals surface area contributed by atoms with Crippen LogP contribution in [0.15, 0.2) is 38.9 Å². The molecule has 34 nitrogen and oxygen atoms in total. The van der Waals surface area contributed by atoms with Crippen LogP contribution in [0.2, 0.25) is 157 Å². The first-order chi connectivity index (χ1) is 42.8. The van der Waals surface area contributed by atoms with Crippen LogP contribution in [0.5, 0.6) is 0 Å².